The number of nitrogens with one attached hydrogen (secondary N) is 3. The maximum atomic E-state index is 12.5. The molecular weight excluding hydrogens is 546 g/mol. The Morgan fingerprint density at radius 1 is 0.727 bits per heavy atom. The zero-order valence-corrected chi connectivity index (χ0v) is 26.6. The van der Waals surface area contributed by atoms with Crippen LogP contribution in [0, 0.1) is 13.8 Å². The summed E-state index contributed by atoms with van der Waals surface area (Å²) in [4.78, 5) is 41.9. The lowest BCUT2D eigenvalue weighted by Gasteiger charge is -2.06. The molecule has 3 aromatic heterocycles. The second-order valence-corrected chi connectivity index (χ2v) is 11.6. The summed E-state index contributed by atoms with van der Waals surface area (Å²) in [5.41, 5.74) is 15.4. The quantitative estimate of drug-likeness (QED) is 0.234. The van der Waals surface area contributed by atoms with Crippen LogP contribution in [0.2, 0.25) is 0 Å². The number of amides is 1. The number of hydrogen-bond donors (Lipinski definition) is 3. The third-order valence-electron chi connectivity index (χ3n) is 8.74. The first kappa shape index (κ1) is 30.7. The number of allylic oxidation sites excluding steroid dienone is 4. The van der Waals surface area contributed by atoms with E-state index in [0.29, 0.717) is 32.2 Å². The average Bonchev–Trinajstić information content (AvgIpc) is 3.64. The molecule has 0 radical (unpaired) electrons. The zero-order valence-electron chi connectivity index (χ0n) is 26.6. The minimum atomic E-state index is 0.0127. The van der Waals surface area contributed by atoms with Gasteiger partial charge in [0.25, 0.3) is 0 Å². The number of aryl methyl sites for hydroxylation is 2. The van der Waals surface area contributed by atoms with Crippen molar-refractivity contribution >= 4 is 68.2 Å². The number of carbonyl (C=O) groups excluding carboxylic acids is 2. The van der Waals surface area contributed by atoms with Crippen molar-refractivity contribution in [2.75, 3.05) is 6.54 Å². The Hall–Kier alpha value is -4.78. The van der Waals surface area contributed by atoms with Crippen molar-refractivity contribution in [2.24, 2.45) is 0 Å². The highest BCUT2D eigenvalue weighted by Gasteiger charge is 2.22. The van der Waals surface area contributed by atoms with Crippen LogP contribution < -0.4 is 5.32 Å². The van der Waals surface area contributed by atoms with Crippen LogP contribution in [0.1, 0.15) is 98.4 Å². The van der Waals surface area contributed by atoms with Gasteiger partial charge in [0.2, 0.25) is 5.91 Å². The van der Waals surface area contributed by atoms with E-state index in [1.165, 1.54) is 0 Å². The van der Waals surface area contributed by atoms with E-state index in [1.807, 2.05) is 25.1 Å². The maximum Gasteiger partial charge on any atom is 0.220 e. The van der Waals surface area contributed by atoms with Gasteiger partial charge in [0.1, 0.15) is 5.78 Å². The van der Waals surface area contributed by atoms with E-state index in [0.717, 1.165) is 89.4 Å². The Morgan fingerprint density at radius 3 is 1.70 bits per heavy atom. The van der Waals surface area contributed by atoms with Crippen molar-refractivity contribution in [1.82, 2.24) is 25.3 Å². The van der Waals surface area contributed by atoms with Gasteiger partial charge in [0, 0.05) is 52.6 Å². The predicted molar refractivity (Wildman–Crippen MR) is 183 cm³/mol. The Kier molecular flexibility index (Phi) is 8.68. The van der Waals surface area contributed by atoms with Crippen molar-refractivity contribution in [3.05, 3.63) is 82.5 Å². The zero-order chi connectivity index (χ0) is 31.7. The van der Waals surface area contributed by atoms with Gasteiger partial charge in [0.05, 0.1) is 22.8 Å². The Balaban J connectivity index is 1.88. The number of ketones is 1. The summed E-state index contributed by atoms with van der Waals surface area (Å²) in [6.45, 7) is 20.6. The molecule has 8 bridgehead atoms. The van der Waals surface area contributed by atoms with Crippen molar-refractivity contribution in [2.45, 2.75) is 67.2 Å². The normalized spacial score (nSPS) is 13.0. The molecule has 7 heteroatoms. The molecule has 3 aromatic rings. The Morgan fingerprint density at radius 2 is 1.20 bits per heavy atom. The molecular formula is C37H41N5O2. The summed E-state index contributed by atoms with van der Waals surface area (Å²) in [6.07, 6.45) is 5.70. The van der Waals surface area contributed by atoms with Crippen LogP contribution in [0.25, 0.3) is 56.5 Å². The first-order valence-electron chi connectivity index (χ1n) is 15.2. The molecule has 0 saturated heterocycles. The minimum Gasteiger partial charge on any atom is -0.356 e. The largest absolute Gasteiger partial charge is 0.356 e. The van der Waals surface area contributed by atoms with E-state index in [-0.39, 0.29) is 11.7 Å². The molecule has 0 unspecified atom stereocenters. The van der Waals surface area contributed by atoms with Gasteiger partial charge in [-0.25, -0.2) is 9.97 Å². The van der Waals surface area contributed by atoms with Crippen LogP contribution in [0.4, 0.5) is 0 Å². The van der Waals surface area contributed by atoms with Gasteiger partial charge in [-0.2, -0.15) is 0 Å². The van der Waals surface area contributed by atoms with Gasteiger partial charge in [-0.15, -0.1) is 0 Å². The molecule has 5 rings (SSSR count). The van der Waals surface area contributed by atoms with Crippen LogP contribution in [-0.4, -0.2) is 38.2 Å². The Labute approximate surface area is 259 Å². The van der Waals surface area contributed by atoms with Gasteiger partial charge in [-0.05, 0) is 112 Å². The summed E-state index contributed by atoms with van der Waals surface area (Å²) in [7, 11) is 0. The molecule has 0 aromatic carbocycles. The third-order valence-corrected chi connectivity index (χ3v) is 8.74. The first-order valence-corrected chi connectivity index (χ1v) is 15.2. The SMILES string of the molecule is C=Cc1c(C)c2cc3[nH]c(cc4nc(cc5nc(cc1[nH]2)C(C)=C5CCC(C)=O)C(CCC(=O)NCC)=C4C)c(C)c3C=C. The monoisotopic (exact) mass is 587 g/mol. The second kappa shape index (κ2) is 12.4. The van der Waals surface area contributed by atoms with E-state index < -0.39 is 0 Å². The molecule has 5 heterocycles. The summed E-state index contributed by atoms with van der Waals surface area (Å²) >= 11 is 0. The number of aromatic nitrogens is 4. The Bertz CT molecular complexity index is 1950. The standard InChI is InChI=1S/C37H41N5O2/c1-9-25-21(5)29-16-30-24(8)28(14-15-37(44)38-11-3)36(41-30)19-35-27(13-12-20(4)43)23(7)32(42-35)18-34-26(10-2)22(6)31(40-34)17-33(25)39-29/h9-10,16-19,39-40H,1-2,11-15H2,3-8H3,(H,38,44). The van der Waals surface area contributed by atoms with Gasteiger partial charge in [-0.1, -0.05) is 25.3 Å². The highest BCUT2D eigenvalue weighted by molar-refractivity contribution is 5.97. The van der Waals surface area contributed by atoms with Gasteiger partial charge in [0.15, 0.2) is 0 Å². The number of Topliss-reactive ketones (excluding diaryl/α,β-unsaturated/α-hetero) is 1. The number of nitrogens with zero attached hydrogens (tertiary/aromatic N) is 2. The summed E-state index contributed by atoms with van der Waals surface area (Å²) in [6, 6.07) is 8.29. The van der Waals surface area contributed by atoms with Crippen molar-refractivity contribution in [3.63, 3.8) is 0 Å². The lowest BCUT2D eigenvalue weighted by atomic mass is 9.97. The number of hydrogen-bond acceptors (Lipinski definition) is 4. The highest BCUT2D eigenvalue weighted by Crippen LogP contribution is 2.38. The van der Waals surface area contributed by atoms with E-state index in [1.54, 1.807) is 6.92 Å². The molecule has 2 aliphatic rings. The molecule has 0 atom stereocenters. The number of H-pyrrole nitrogens is 2. The molecule has 0 spiro atoms. The number of aromatic amines is 2. The lowest BCUT2D eigenvalue weighted by molar-refractivity contribution is -0.121. The van der Waals surface area contributed by atoms with Crippen LogP contribution in [0.5, 0.6) is 0 Å². The van der Waals surface area contributed by atoms with E-state index in [9.17, 15) is 9.59 Å². The number of fused-ring (bicyclic) bond motifs is 8. The van der Waals surface area contributed by atoms with E-state index in [4.69, 9.17) is 9.97 Å². The lowest BCUT2D eigenvalue weighted by Crippen LogP contribution is -2.22. The minimum absolute atomic E-state index is 0.0127. The molecule has 1 amide bonds. The van der Waals surface area contributed by atoms with Gasteiger partial charge >= 0.3 is 0 Å². The summed E-state index contributed by atoms with van der Waals surface area (Å²) < 4.78 is 0. The smallest absolute Gasteiger partial charge is 0.220 e. The van der Waals surface area contributed by atoms with Crippen LogP contribution in [0.3, 0.4) is 0 Å². The van der Waals surface area contributed by atoms with Crippen molar-refractivity contribution in [3.8, 4) is 0 Å². The van der Waals surface area contributed by atoms with Crippen LogP contribution in [-0.2, 0) is 9.59 Å². The number of carbonyl (C=O) groups is 2. The molecule has 0 saturated carbocycles. The van der Waals surface area contributed by atoms with Gasteiger partial charge < -0.3 is 20.1 Å². The van der Waals surface area contributed by atoms with Crippen LogP contribution >= 0.6 is 0 Å². The maximum absolute atomic E-state index is 12.5. The second-order valence-electron chi connectivity index (χ2n) is 11.6. The molecule has 226 valence electrons. The predicted octanol–water partition coefficient (Wildman–Crippen LogP) is 8.36. The third kappa shape index (κ3) is 5.74. The molecule has 44 heavy (non-hydrogen) atoms. The number of rotatable bonds is 9. The fourth-order valence-corrected chi connectivity index (χ4v) is 6.13. The molecule has 0 fully saturated rings. The van der Waals surface area contributed by atoms with E-state index >= 15 is 0 Å². The van der Waals surface area contributed by atoms with Crippen LogP contribution in [0.15, 0.2) is 37.4 Å². The fourth-order valence-electron chi connectivity index (χ4n) is 6.13. The topological polar surface area (TPSA) is 104 Å². The molecule has 0 aliphatic carbocycles. The summed E-state index contributed by atoms with van der Waals surface area (Å²) in [5.74, 6) is 0.148. The van der Waals surface area contributed by atoms with Crippen molar-refractivity contribution in [1.29, 1.82) is 0 Å². The highest BCUT2D eigenvalue weighted by atomic mass is 16.1. The van der Waals surface area contributed by atoms with Crippen molar-refractivity contribution < 1.29 is 9.59 Å². The fraction of sp³-hybridized carbons (Fsp3) is 0.297. The summed E-state index contributed by atoms with van der Waals surface area (Å²) in [5, 5.41) is 2.91. The first-order chi connectivity index (χ1) is 21.1. The van der Waals surface area contributed by atoms with Gasteiger partial charge in [-0.3, -0.25) is 4.79 Å². The molecule has 7 nitrogen and oxygen atoms in total. The molecule has 2 aliphatic heterocycles. The van der Waals surface area contributed by atoms with E-state index in [2.05, 4.69) is 74.3 Å². The molecule has 3 N–H and O–H groups in total. The average molecular weight is 588 g/mol.